The monoisotopic (exact) mass is 426 g/mol. The van der Waals surface area contributed by atoms with Gasteiger partial charge in [0, 0.05) is 48.0 Å². The fraction of sp³-hybridized carbons (Fsp3) is 0.115. The number of nitrogens with zero attached hydrogens (tertiary/aromatic N) is 2. The molecule has 2 aromatic carbocycles. The van der Waals surface area contributed by atoms with Crippen LogP contribution in [0.25, 0.3) is 11.4 Å². The molecule has 0 saturated carbocycles. The van der Waals surface area contributed by atoms with Crippen LogP contribution in [0.5, 0.6) is 0 Å². The second-order valence-electron chi connectivity index (χ2n) is 7.19. The van der Waals surface area contributed by atoms with Gasteiger partial charge in [0.1, 0.15) is 5.82 Å². The van der Waals surface area contributed by atoms with E-state index in [4.69, 9.17) is 0 Å². The minimum absolute atomic E-state index is 0.262. The first-order chi connectivity index (χ1) is 15.5. The van der Waals surface area contributed by atoms with E-state index >= 15 is 0 Å². The highest BCUT2D eigenvalue weighted by atomic mass is 16.2. The van der Waals surface area contributed by atoms with Gasteiger partial charge in [-0.1, -0.05) is 48.6 Å². The van der Waals surface area contributed by atoms with Crippen molar-refractivity contribution in [2.24, 2.45) is 7.05 Å². The van der Waals surface area contributed by atoms with E-state index in [0.29, 0.717) is 16.9 Å². The molecule has 0 fully saturated rings. The van der Waals surface area contributed by atoms with E-state index in [9.17, 15) is 9.59 Å². The molecule has 0 atom stereocenters. The van der Waals surface area contributed by atoms with E-state index in [0.717, 1.165) is 17.0 Å². The van der Waals surface area contributed by atoms with Gasteiger partial charge >= 0.3 is 0 Å². The van der Waals surface area contributed by atoms with E-state index in [2.05, 4.69) is 15.6 Å². The number of nitrogens with one attached hydrogen (secondary N) is 2. The largest absolute Gasteiger partial charge is 0.334 e. The molecule has 0 spiro atoms. The summed E-state index contributed by atoms with van der Waals surface area (Å²) in [6, 6.07) is 12.7. The first-order valence-corrected chi connectivity index (χ1v) is 10.2. The number of anilines is 2. The smallest absolute Gasteiger partial charge is 0.255 e. The van der Waals surface area contributed by atoms with Gasteiger partial charge in [0.2, 0.25) is 5.91 Å². The van der Waals surface area contributed by atoms with E-state index in [1.54, 1.807) is 30.5 Å². The minimum Gasteiger partial charge on any atom is -0.334 e. The number of carbonyl (C=O) groups is 2. The van der Waals surface area contributed by atoms with Crippen molar-refractivity contribution in [3.05, 3.63) is 102 Å². The van der Waals surface area contributed by atoms with Gasteiger partial charge < -0.3 is 15.2 Å². The number of aryl methyl sites for hydroxylation is 2. The maximum absolute atomic E-state index is 12.8. The fourth-order valence-corrected chi connectivity index (χ4v) is 3.04. The van der Waals surface area contributed by atoms with Gasteiger partial charge in [-0.25, -0.2) is 4.98 Å². The Labute approximate surface area is 188 Å². The molecule has 2 amide bonds. The SMILES string of the molecule is C\C=C/C=C\C=C\C(=O)Nc1cc(C(=O)Nc2cccc(-c3nccn3C)c2)ccc1C. The van der Waals surface area contributed by atoms with Crippen LogP contribution >= 0.6 is 0 Å². The quantitative estimate of drug-likeness (QED) is 0.399. The Morgan fingerprint density at radius 2 is 1.81 bits per heavy atom. The van der Waals surface area contributed by atoms with Crippen molar-refractivity contribution in [1.29, 1.82) is 0 Å². The summed E-state index contributed by atoms with van der Waals surface area (Å²) < 4.78 is 1.92. The molecule has 0 saturated heterocycles. The van der Waals surface area contributed by atoms with Gasteiger partial charge in [-0.2, -0.15) is 0 Å². The highest BCUT2D eigenvalue weighted by Crippen LogP contribution is 2.22. The lowest BCUT2D eigenvalue weighted by Gasteiger charge is -2.11. The van der Waals surface area contributed by atoms with Crippen molar-refractivity contribution in [1.82, 2.24) is 9.55 Å². The lowest BCUT2D eigenvalue weighted by molar-refractivity contribution is -0.111. The van der Waals surface area contributed by atoms with Crippen molar-refractivity contribution >= 4 is 23.2 Å². The number of carbonyl (C=O) groups excluding carboxylic acids is 2. The number of rotatable bonds is 7. The topological polar surface area (TPSA) is 76.0 Å². The molecule has 1 heterocycles. The molecule has 2 N–H and O–H groups in total. The van der Waals surface area contributed by atoms with Crippen LogP contribution in [0.2, 0.25) is 0 Å². The van der Waals surface area contributed by atoms with Crippen LogP contribution in [-0.4, -0.2) is 21.4 Å². The average molecular weight is 427 g/mol. The average Bonchev–Trinajstić information content (AvgIpc) is 3.21. The highest BCUT2D eigenvalue weighted by molar-refractivity contribution is 6.06. The summed E-state index contributed by atoms with van der Waals surface area (Å²) in [7, 11) is 1.92. The predicted octanol–water partition coefficient (Wildman–Crippen LogP) is 5.27. The summed E-state index contributed by atoms with van der Waals surface area (Å²) in [5.41, 5.74) is 3.47. The second-order valence-corrected chi connectivity index (χ2v) is 7.19. The van der Waals surface area contributed by atoms with Crippen molar-refractivity contribution in [3.8, 4) is 11.4 Å². The van der Waals surface area contributed by atoms with Gasteiger partial charge in [-0.15, -0.1) is 0 Å². The van der Waals surface area contributed by atoms with Gasteiger partial charge in [0.25, 0.3) is 5.91 Å². The normalized spacial score (nSPS) is 11.5. The second kappa shape index (κ2) is 10.7. The van der Waals surface area contributed by atoms with Gasteiger partial charge in [0.15, 0.2) is 0 Å². The van der Waals surface area contributed by atoms with Crippen LogP contribution < -0.4 is 10.6 Å². The summed E-state index contributed by atoms with van der Waals surface area (Å²) in [6.07, 6.45) is 14.1. The number of amides is 2. The van der Waals surface area contributed by atoms with Crippen molar-refractivity contribution in [3.63, 3.8) is 0 Å². The predicted molar refractivity (Wildman–Crippen MR) is 129 cm³/mol. The Kier molecular flexibility index (Phi) is 7.54. The Morgan fingerprint density at radius 3 is 2.56 bits per heavy atom. The van der Waals surface area contributed by atoms with Crippen LogP contribution in [0.15, 0.2) is 91.3 Å². The third-order valence-electron chi connectivity index (χ3n) is 4.73. The third kappa shape index (κ3) is 5.92. The lowest BCUT2D eigenvalue weighted by atomic mass is 10.1. The Hall–Kier alpha value is -4.19. The summed E-state index contributed by atoms with van der Waals surface area (Å²) >= 11 is 0. The standard InChI is InChI=1S/C26H26N4O2/c1-4-5-6-7-8-12-24(31)29-23-18-21(14-13-19(23)2)26(32)28-22-11-9-10-20(17-22)25-27-15-16-30(25)3/h4-18H,1-3H3,(H,28,32)(H,29,31)/b5-4-,7-6-,12-8+. The molecule has 6 heteroatoms. The number of allylic oxidation sites excluding steroid dienone is 5. The molecule has 0 aliphatic rings. The Morgan fingerprint density at radius 1 is 1.00 bits per heavy atom. The van der Waals surface area contributed by atoms with E-state index < -0.39 is 0 Å². The van der Waals surface area contributed by atoms with E-state index in [1.165, 1.54) is 6.08 Å². The molecule has 6 nitrogen and oxygen atoms in total. The van der Waals surface area contributed by atoms with Gasteiger partial charge in [0.05, 0.1) is 0 Å². The summed E-state index contributed by atoms with van der Waals surface area (Å²) in [4.78, 5) is 29.4. The fourth-order valence-electron chi connectivity index (χ4n) is 3.04. The number of hydrogen-bond donors (Lipinski definition) is 2. The molecule has 0 aliphatic carbocycles. The van der Waals surface area contributed by atoms with Crippen LogP contribution in [0.3, 0.4) is 0 Å². The molecule has 1 aromatic heterocycles. The summed E-state index contributed by atoms with van der Waals surface area (Å²) in [5, 5.41) is 5.74. The molecular weight excluding hydrogens is 400 g/mol. The lowest BCUT2D eigenvalue weighted by Crippen LogP contribution is -2.14. The zero-order chi connectivity index (χ0) is 22.9. The zero-order valence-electron chi connectivity index (χ0n) is 18.4. The Bertz CT molecular complexity index is 1200. The molecule has 0 radical (unpaired) electrons. The van der Waals surface area contributed by atoms with Gasteiger partial charge in [-0.05, 0) is 43.7 Å². The van der Waals surface area contributed by atoms with Crippen LogP contribution in [-0.2, 0) is 11.8 Å². The molecule has 0 aliphatic heterocycles. The molecule has 32 heavy (non-hydrogen) atoms. The minimum atomic E-state index is -0.265. The van der Waals surface area contributed by atoms with Crippen LogP contribution in [0, 0.1) is 6.92 Å². The first kappa shape index (κ1) is 22.5. The first-order valence-electron chi connectivity index (χ1n) is 10.2. The van der Waals surface area contributed by atoms with Crippen LogP contribution in [0.4, 0.5) is 11.4 Å². The number of aromatic nitrogens is 2. The molecular formula is C26H26N4O2. The summed E-state index contributed by atoms with van der Waals surface area (Å²) in [5.74, 6) is 0.288. The third-order valence-corrected chi connectivity index (χ3v) is 4.73. The number of imidazole rings is 1. The van der Waals surface area contributed by atoms with E-state index in [-0.39, 0.29) is 11.8 Å². The van der Waals surface area contributed by atoms with Crippen molar-refractivity contribution in [2.75, 3.05) is 10.6 Å². The van der Waals surface area contributed by atoms with Crippen molar-refractivity contribution in [2.45, 2.75) is 13.8 Å². The maximum atomic E-state index is 12.8. The molecule has 3 aromatic rings. The molecule has 0 unspecified atom stereocenters. The van der Waals surface area contributed by atoms with Crippen LogP contribution in [0.1, 0.15) is 22.8 Å². The number of hydrogen-bond acceptors (Lipinski definition) is 3. The highest BCUT2D eigenvalue weighted by Gasteiger charge is 2.11. The maximum Gasteiger partial charge on any atom is 0.255 e. The Balaban J connectivity index is 1.71. The molecule has 3 rings (SSSR count). The number of benzene rings is 2. The zero-order valence-corrected chi connectivity index (χ0v) is 18.4. The van der Waals surface area contributed by atoms with Gasteiger partial charge in [-0.3, -0.25) is 9.59 Å². The molecule has 162 valence electrons. The van der Waals surface area contributed by atoms with E-state index in [1.807, 2.05) is 80.2 Å². The summed E-state index contributed by atoms with van der Waals surface area (Å²) in [6.45, 7) is 3.80. The van der Waals surface area contributed by atoms with Crippen molar-refractivity contribution < 1.29 is 9.59 Å². The molecule has 0 bridgehead atoms.